The van der Waals surface area contributed by atoms with E-state index in [1.54, 1.807) is 24.3 Å². The minimum Gasteiger partial charge on any atom is -0.381 e. The molecule has 17 heavy (non-hydrogen) atoms. The SMILES string of the molecule is CC(O)(c1ccc(Cl)cc1)c1ccncc1F. The Morgan fingerprint density at radius 2 is 1.88 bits per heavy atom. The van der Waals surface area contributed by atoms with E-state index in [9.17, 15) is 9.50 Å². The lowest BCUT2D eigenvalue weighted by atomic mass is 9.88. The van der Waals surface area contributed by atoms with Gasteiger partial charge in [-0.15, -0.1) is 0 Å². The number of halogens is 2. The highest BCUT2D eigenvalue weighted by Gasteiger charge is 2.28. The Kier molecular flexibility index (Phi) is 3.13. The predicted octanol–water partition coefficient (Wildman–Crippen LogP) is 3.13. The second kappa shape index (κ2) is 4.43. The Labute approximate surface area is 104 Å². The van der Waals surface area contributed by atoms with Crippen molar-refractivity contribution < 1.29 is 9.50 Å². The molecule has 1 heterocycles. The van der Waals surface area contributed by atoms with Crippen LogP contribution in [0.25, 0.3) is 0 Å². The molecule has 0 aliphatic carbocycles. The Balaban J connectivity index is 2.49. The van der Waals surface area contributed by atoms with Crippen molar-refractivity contribution in [1.29, 1.82) is 0 Å². The number of nitrogens with zero attached hydrogens (tertiary/aromatic N) is 1. The summed E-state index contributed by atoms with van der Waals surface area (Å²) < 4.78 is 13.6. The van der Waals surface area contributed by atoms with Crippen LogP contribution in [-0.4, -0.2) is 10.1 Å². The van der Waals surface area contributed by atoms with Gasteiger partial charge in [-0.05, 0) is 30.7 Å². The van der Waals surface area contributed by atoms with Crippen LogP contribution in [0.4, 0.5) is 4.39 Å². The number of benzene rings is 1. The van der Waals surface area contributed by atoms with Gasteiger partial charge in [0.15, 0.2) is 0 Å². The molecule has 2 aromatic rings. The average molecular weight is 252 g/mol. The zero-order valence-corrected chi connectivity index (χ0v) is 9.95. The van der Waals surface area contributed by atoms with Gasteiger partial charge in [0.25, 0.3) is 0 Å². The minimum atomic E-state index is -1.41. The fraction of sp³-hybridized carbons (Fsp3) is 0.154. The van der Waals surface area contributed by atoms with Crippen LogP contribution >= 0.6 is 11.6 Å². The first-order valence-electron chi connectivity index (χ1n) is 5.10. The number of hydrogen-bond acceptors (Lipinski definition) is 2. The maximum absolute atomic E-state index is 13.6. The van der Waals surface area contributed by atoms with Crippen LogP contribution in [0.15, 0.2) is 42.7 Å². The summed E-state index contributed by atoms with van der Waals surface area (Å²) in [6.07, 6.45) is 2.53. The van der Waals surface area contributed by atoms with E-state index < -0.39 is 11.4 Å². The molecule has 1 N–H and O–H groups in total. The van der Waals surface area contributed by atoms with E-state index in [0.29, 0.717) is 10.6 Å². The van der Waals surface area contributed by atoms with Crippen molar-refractivity contribution in [1.82, 2.24) is 4.98 Å². The third kappa shape index (κ3) is 2.30. The van der Waals surface area contributed by atoms with Crippen LogP contribution in [0.3, 0.4) is 0 Å². The standard InChI is InChI=1S/C13H11ClFNO/c1-13(17,9-2-4-10(14)5-3-9)11-6-7-16-8-12(11)15/h2-8,17H,1H3. The van der Waals surface area contributed by atoms with Gasteiger partial charge < -0.3 is 5.11 Å². The molecule has 2 nitrogen and oxygen atoms in total. The molecular formula is C13H11ClFNO. The van der Waals surface area contributed by atoms with Gasteiger partial charge in [0.05, 0.1) is 6.20 Å². The predicted molar refractivity (Wildman–Crippen MR) is 64.3 cm³/mol. The smallest absolute Gasteiger partial charge is 0.147 e. The largest absolute Gasteiger partial charge is 0.381 e. The number of aromatic nitrogens is 1. The molecule has 0 aliphatic heterocycles. The van der Waals surface area contributed by atoms with E-state index in [0.717, 1.165) is 6.20 Å². The highest BCUT2D eigenvalue weighted by Crippen LogP contribution is 2.30. The quantitative estimate of drug-likeness (QED) is 0.890. The first-order valence-corrected chi connectivity index (χ1v) is 5.48. The summed E-state index contributed by atoms with van der Waals surface area (Å²) in [5.74, 6) is -0.535. The van der Waals surface area contributed by atoms with Crippen LogP contribution in [0.5, 0.6) is 0 Å². The highest BCUT2D eigenvalue weighted by atomic mass is 35.5. The topological polar surface area (TPSA) is 33.1 Å². The molecule has 0 bridgehead atoms. The zero-order valence-electron chi connectivity index (χ0n) is 9.19. The summed E-state index contributed by atoms with van der Waals surface area (Å²) in [6.45, 7) is 1.54. The molecule has 1 atom stereocenters. The molecule has 1 aromatic heterocycles. The van der Waals surface area contributed by atoms with Gasteiger partial charge >= 0.3 is 0 Å². The zero-order chi connectivity index (χ0) is 12.5. The van der Waals surface area contributed by atoms with Gasteiger partial charge in [0.1, 0.15) is 11.4 Å². The summed E-state index contributed by atoms with van der Waals surface area (Å²) in [6, 6.07) is 8.11. The van der Waals surface area contributed by atoms with Crippen molar-refractivity contribution in [3.05, 3.63) is 64.7 Å². The lowest BCUT2D eigenvalue weighted by molar-refractivity contribution is 0.0978. The molecule has 0 saturated carbocycles. The molecule has 88 valence electrons. The second-order valence-electron chi connectivity index (χ2n) is 3.93. The van der Waals surface area contributed by atoms with E-state index in [-0.39, 0.29) is 5.56 Å². The number of rotatable bonds is 2. The molecule has 0 saturated heterocycles. The van der Waals surface area contributed by atoms with Gasteiger partial charge in [-0.25, -0.2) is 4.39 Å². The van der Waals surface area contributed by atoms with E-state index in [1.807, 2.05) is 0 Å². The Bertz CT molecular complexity index is 525. The monoisotopic (exact) mass is 251 g/mol. The maximum Gasteiger partial charge on any atom is 0.147 e. The van der Waals surface area contributed by atoms with Crippen LogP contribution in [0.1, 0.15) is 18.1 Å². The fourth-order valence-electron chi connectivity index (χ4n) is 1.70. The van der Waals surface area contributed by atoms with E-state index in [4.69, 9.17) is 11.6 Å². The van der Waals surface area contributed by atoms with E-state index in [2.05, 4.69) is 4.98 Å². The summed E-state index contributed by atoms with van der Waals surface area (Å²) in [7, 11) is 0. The van der Waals surface area contributed by atoms with Crippen molar-refractivity contribution in [2.24, 2.45) is 0 Å². The fourth-order valence-corrected chi connectivity index (χ4v) is 1.83. The lowest BCUT2D eigenvalue weighted by Gasteiger charge is -2.24. The van der Waals surface area contributed by atoms with Crippen LogP contribution in [-0.2, 0) is 5.60 Å². The maximum atomic E-state index is 13.6. The van der Waals surface area contributed by atoms with Crippen molar-refractivity contribution >= 4 is 11.6 Å². The molecular weight excluding hydrogens is 241 g/mol. The van der Waals surface area contributed by atoms with Crippen LogP contribution in [0.2, 0.25) is 5.02 Å². The Morgan fingerprint density at radius 3 is 2.47 bits per heavy atom. The summed E-state index contributed by atoms with van der Waals surface area (Å²) in [5.41, 5.74) is -0.640. The highest BCUT2D eigenvalue weighted by molar-refractivity contribution is 6.30. The minimum absolute atomic E-state index is 0.190. The van der Waals surface area contributed by atoms with Gasteiger partial charge in [0.2, 0.25) is 0 Å². The van der Waals surface area contributed by atoms with Crippen molar-refractivity contribution in [2.75, 3.05) is 0 Å². The molecule has 1 aromatic carbocycles. The van der Waals surface area contributed by atoms with Crippen LogP contribution < -0.4 is 0 Å². The normalized spacial score (nSPS) is 14.4. The number of aliphatic hydroxyl groups is 1. The van der Waals surface area contributed by atoms with Crippen molar-refractivity contribution in [3.63, 3.8) is 0 Å². The molecule has 0 fully saturated rings. The van der Waals surface area contributed by atoms with Crippen molar-refractivity contribution in [2.45, 2.75) is 12.5 Å². The van der Waals surface area contributed by atoms with Gasteiger partial charge in [-0.2, -0.15) is 0 Å². The molecule has 0 spiro atoms. The second-order valence-corrected chi connectivity index (χ2v) is 4.37. The summed E-state index contributed by atoms with van der Waals surface area (Å²) in [5, 5.41) is 11.0. The van der Waals surface area contributed by atoms with Gasteiger partial charge in [-0.3, -0.25) is 4.98 Å². The first kappa shape index (κ1) is 12.0. The molecule has 0 aliphatic rings. The molecule has 4 heteroatoms. The molecule has 2 rings (SSSR count). The molecule has 0 amide bonds. The number of hydrogen-bond donors (Lipinski definition) is 1. The Hall–Kier alpha value is -1.45. The number of pyridine rings is 1. The van der Waals surface area contributed by atoms with Gasteiger partial charge in [-0.1, -0.05) is 23.7 Å². The molecule has 0 radical (unpaired) electrons. The average Bonchev–Trinajstić information content (AvgIpc) is 2.30. The van der Waals surface area contributed by atoms with Crippen LogP contribution in [0, 0.1) is 5.82 Å². The van der Waals surface area contributed by atoms with E-state index in [1.165, 1.54) is 19.2 Å². The summed E-state index contributed by atoms with van der Waals surface area (Å²) >= 11 is 5.77. The lowest BCUT2D eigenvalue weighted by Crippen LogP contribution is -2.24. The molecule has 1 unspecified atom stereocenters. The third-order valence-electron chi connectivity index (χ3n) is 2.70. The summed E-state index contributed by atoms with van der Waals surface area (Å²) in [4.78, 5) is 3.66. The third-order valence-corrected chi connectivity index (χ3v) is 2.96. The van der Waals surface area contributed by atoms with Crippen molar-refractivity contribution in [3.8, 4) is 0 Å². The van der Waals surface area contributed by atoms with Gasteiger partial charge in [0, 0.05) is 16.8 Å². The van der Waals surface area contributed by atoms with E-state index >= 15 is 0 Å². The first-order chi connectivity index (χ1) is 8.01. The Morgan fingerprint density at radius 1 is 1.24 bits per heavy atom.